The average Bonchev–Trinajstić information content (AvgIpc) is 3.11. The van der Waals surface area contributed by atoms with Crippen LogP contribution in [-0.4, -0.2) is 79.1 Å². The first kappa shape index (κ1) is 25.7. The van der Waals surface area contributed by atoms with Gasteiger partial charge in [-0.3, -0.25) is 4.79 Å². The SMILES string of the molecule is CCN(CC)C(=O)c1cc2cc(S(=O)(=O)N3CC(C)CC(C)C3)ccc2n1CC(O)CNC. The van der Waals surface area contributed by atoms with E-state index in [-0.39, 0.29) is 17.3 Å². The van der Waals surface area contributed by atoms with Crippen LogP contribution in [0.5, 0.6) is 0 Å². The summed E-state index contributed by atoms with van der Waals surface area (Å²) in [5, 5.41) is 14.1. The molecule has 33 heavy (non-hydrogen) atoms. The average molecular weight is 479 g/mol. The first-order chi connectivity index (χ1) is 15.6. The Labute approximate surface area is 197 Å². The highest BCUT2D eigenvalue weighted by atomic mass is 32.2. The van der Waals surface area contributed by atoms with E-state index in [1.165, 1.54) is 0 Å². The molecular weight excluding hydrogens is 440 g/mol. The highest BCUT2D eigenvalue weighted by Gasteiger charge is 2.32. The van der Waals surface area contributed by atoms with Crippen molar-refractivity contribution in [3.05, 3.63) is 30.0 Å². The molecule has 0 spiro atoms. The molecule has 3 unspecified atom stereocenters. The molecule has 1 aliphatic heterocycles. The number of likely N-dealkylation sites (N-methyl/N-ethyl adjacent to an activating group) is 1. The summed E-state index contributed by atoms with van der Waals surface area (Å²) in [6.45, 7) is 10.8. The lowest BCUT2D eigenvalue weighted by Crippen LogP contribution is -2.42. The van der Waals surface area contributed by atoms with E-state index in [1.807, 2.05) is 13.8 Å². The van der Waals surface area contributed by atoms with Crippen molar-refractivity contribution in [1.82, 2.24) is 19.1 Å². The number of amides is 1. The van der Waals surface area contributed by atoms with E-state index in [4.69, 9.17) is 0 Å². The van der Waals surface area contributed by atoms with E-state index < -0.39 is 16.1 Å². The number of benzene rings is 1. The summed E-state index contributed by atoms with van der Waals surface area (Å²) in [6, 6.07) is 6.79. The van der Waals surface area contributed by atoms with Crippen LogP contribution in [-0.2, 0) is 16.6 Å². The first-order valence-electron chi connectivity index (χ1n) is 11.9. The van der Waals surface area contributed by atoms with Crippen LogP contribution in [0.4, 0.5) is 0 Å². The van der Waals surface area contributed by atoms with Crippen molar-refractivity contribution in [2.24, 2.45) is 11.8 Å². The molecular formula is C24H38N4O4S. The van der Waals surface area contributed by atoms with Gasteiger partial charge in [0.25, 0.3) is 5.91 Å². The van der Waals surface area contributed by atoms with Crippen molar-refractivity contribution < 1.29 is 18.3 Å². The van der Waals surface area contributed by atoms with E-state index in [2.05, 4.69) is 19.2 Å². The molecule has 8 nitrogen and oxygen atoms in total. The van der Waals surface area contributed by atoms with Crippen LogP contribution in [0.3, 0.4) is 0 Å². The van der Waals surface area contributed by atoms with Crippen LogP contribution in [0.2, 0.25) is 0 Å². The van der Waals surface area contributed by atoms with Crippen molar-refractivity contribution in [3.63, 3.8) is 0 Å². The highest BCUT2D eigenvalue weighted by Crippen LogP contribution is 2.30. The summed E-state index contributed by atoms with van der Waals surface area (Å²) in [5.74, 6) is 0.511. The van der Waals surface area contributed by atoms with Gasteiger partial charge in [-0.05, 0) is 63.4 Å². The summed E-state index contributed by atoms with van der Waals surface area (Å²) in [4.78, 5) is 15.2. The second-order valence-electron chi connectivity index (χ2n) is 9.32. The Bertz CT molecular complexity index is 1070. The minimum absolute atomic E-state index is 0.129. The van der Waals surface area contributed by atoms with E-state index in [1.54, 1.807) is 45.1 Å². The summed E-state index contributed by atoms with van der Waals surface area (Å²) in [7, 11) is -1.87. The number of hydrogen-bond donors (Lipinski definition) is 2. The maximum absolute atomic E-state index is 13.4. The molecule has 0 bridgehead atoms. The molecule has 1 amide bonds. The van der Waals surface area contributed by atoms with Gasteiger partial charge < -0.3 is 19.9 Å². The number of rotatable bonds is 9. The summed E-state index contributed by atoms with van der Waals surface area (Å²) in [6.07, 6.45) is 0.341. The zero-order valence-electron chi connectivity index (χ0n) is 20.4. The Kier molecular flexibility index (Phi) is 8.21. The predicted molar refractivity (Wildman–Crippen MR) is 131 cm³/mol. The third-order valence-electron chi connectivity index (χ3n) is 6.45. The third kappa shape index (κ3) is 5.42. The number of carbonyl (C=O) groups is 1. The molecule has 1 aromatic carbocycles. The number of carbonyl (C=O) groups excluding carboxylic acids is 1. The summed E-state index contributed by atoms with van der Waals surface area (Å²) >= 11 is 0. The molecule has 184 valence electrons. The van der Waals surface area contributed by atoms with Crippen molar-refractivity contribution in [2.45, 2.75) is 51.7 Å². The molecule has 0 aliphatic carbocycles. The Balaban J connectivity index is 2.06. The predicted octanol–water partition coefficient (Wildman–Crippen LogP) is 2.37. The maximum Gasteiger partial charge on any atom is 0.270 e. The number of nitrogens with one attached hydrogen (secondary N) is 1. The zero-order chi connectivity index (χ0) is 24.3. The molecule has 0 saturated carbocycles. The van der Waals surface area contributed by atoms with Gasteiger partial charge in [-0.1, -0.05) is 13.8 Å². The van der Waals surface area contributed by atoms with Gasteiger partial charge in [0, 0.05) is 43.6 Å². The fourth-order valence-corrected chi connectivity index (χ4v) is 6.63. The molecule has 1 aromatic heterocycles. The van der Waals surface area contributed by atoms with Crippen LogP contribution < -0.4 is 5.32 Å². The fraction of sp³-hybridized carbons (Fsp3) is 0.625. The molecule has 1 saturated heterocycles. The van der Waals surface area contributed by atoms with Gasteiger partial charge in [0.15, 0.2) is 0 Å². The number of piperidine rings is 1. The number of hydrogen-bond acceptors (Lipinski definition) is 5. The number of nitrogens with zero attached hydrogens (tertiary/aromatic N) is 3. The van der Waals surface area contributed by atoms with Crippen LogP contribution >= 0.6 is 0 Å². The molecule has 3 rings (SSSR count). The van der Waals surface area contributed by atoms with Crippen molar-refractivity contribution in [1.29, 1.82) is 0 Å². The van der Waals surface area contributed by atoms with Crippen LogP contribution in [0.15, 0.2) is 29.2 Å². The standard InChI is InChI=1S/C24H38N4O4S/c1-6-26(7-2)24(30)23-12-19-11-21(8-9-22(19)28(23)16-20(29)13-25-5)33(31,32)27-14-17(3)10-18(4)15-27/h8-9,11-12,17-18,20,25,29H,6-7,10,13-16H2,1-5H3. The van der Waals surface area contributed by atoms with E-state index >= 15 is 0 Å². The van der Waals surface area contributed by atoms with Crippen molar-refractivity contribution >= 4 is 26.8 Å². The number of aliphatic hydroxyl groups excluding tert-OH is 1. The lowest BCUT2D eigenvalue weighted by Gasteiger charge is -2.34. The van der Waals surface area contributed by atoms with Gasteiger partial charge in [0.2, 0.25) is 10.0 Å². The lowest BCUT2D eigenvalue weighted by atomic mass is 9.94. The van der Waals surface area contributed by atoms with Crippen LogP contribution in [0.1, 0.15) is 44.6 Å². The molecule has 1 aliphatic rings. The number of sulfonamides is 1. The van der Waals surface area contributed by atoms with E-state index in [0.717, 1.165) is 11.9 Å². The minimum atomic E-state index is -3.63. The lowest BCUT2D eigenvalue weighted by molar-refractivity contribution is 0.0757. The zero-order valence-corrected chi connectivity index (χ0v) is 21.2. The molecule has 2 aromatic rings. The molecule has 0 radical (unpaired) electrons. The van der Waals surface area contributed by atoms with Gasteiger partial charge in [-0.25, -0.2) is 8.42 Å². The summed E-state index contributed by atoms with van der Waals surface area (Å²) in [5.41, 5.74) is 1.19. The Morgan fingerprint density at radius 1 is 1.18 bits per heavy atom. The van der Waals surface area contributed by atoms with Gasteiger partial charge in [-0.15, -0.1) is 0 Å². The number of aromatic nitrogens is 1. The van der Waals surface area contributed by atoms with Crippen molar-refractivity contribution in [2.75, 3.05) is 39.8 Å². The molecule has 9 heteroatoms. The Hall–Kier alpha value is -1.94. The monoisotopic (exact) mass is 478 g/mol. The van der Waals surface area contributed by atoms with Gasteiger partial charge in [0.05, 0.1) is 17.5 Å². The number of aliphatic hydroxyl groups is 1. The molecule has 1 fully saturated rings. The largest absolute Gasteiger partial charge is 0.390 e. The van der Waals surface area contributed by atoms with Gasteiger partial charge >= 0.3 is 0 Å². The van der Waals surface area contributed by atoms with E-state index in [0.29, 0.717) is 55.6 Å². The van der Waals surface area contributed by atoms with E-state index in [9.17, 15) is 18.3 Å². The quantitative estimate of drug-likeness (QED) is 0.577. The van der Waals surface area contributed by atoms with Crippen LogP contribution in [0.25, 0.3) is 10.9 Å². The highest BCUT2D eigenvalue weighted by molar-refractivity contribution is 7.89. The maximum atomic E-state index is 13.4. The second-order valence-corrected chi connectivity index (χ2v) is 11.3. The van der Waals surface area contributed by atoms with Crippen LogP contribution in [0, 0.1) is 11.8 Å². The minimum Gasteiger partial charge on any atom is -0.390 e. The Morgan fingerprint density at radius 2 is 1.82 bits per heavy atom. The van der Waals surface area contributed by atoms with Gasteiger partial charge in [-0.2, -0.15) is 4.31 Å². The smallest absolute Gasteiger partial charge is 0.270 e. The molecule has 3 atom stereocenters. The van der Waals surface area contributed by atoms with Crippen molar-refractivity contribution in [3.8, 4) is 0 Å². The fourth-order valence-electron chi connectivity index (χ4n) is 4.92. The molecule has 2 heterocycles. The number of fused-ring (bicyclic) bond motifs is 1. The summed E-state index contributed by atoms with van der Waals surface area (Å²) < 4.78 is 30.2. The van der Waals surface area contributed by atoms with Gasteiger partial charge in [0.1, 0.15) is 5.69 Å². The first-order valence-corrected chi connectivity index (χ1v) is 13.3. The normalized spacial score (nSPS) is 20.8. The second kappa shape index (κ2) is 10.5. The third-order valence-corrected chi connectivity index (χ3v) is 8.28. The molecule has 2 N–H and O–H groups in total. The Morgan fingerprint density at radius 3 is 2.39 bits per heavy atom. The topological polar surface area (TPSA) is 94.9 Å².